The van der Waals surface area contributed by atoms with E-state index in [1.54, 1.807) is 6.92 Å². The van der Waals surface area contributed by atoms with Gasteiger partial charge in [0, 0.05) is 12.3 Å². The fourth-order valence-electron chi connectivity index (χ4n) is 2.30. The summed E-state index contributed by atoms with van der Waals surface area (Å²) in [5.41, 5.74) is 0. The monoisotopic (exact) mass is 259 g/mol. The number of aryl methyl sites for hydroxylation is 1. The van der Waals surface area contributed by atoms with E-state index in [4.69, 9.17) is 4.52 Å². The van der Waals surface area contributed by atoms with Crippen molar-refractivity contribution in [3.8, 4) is 0 Å². The van der Waals surface area contributed by atoms with Crippen molar-refractivity contribution in [3.63, 3.8) is 0 Å². The molecule has 0 spiro atoms. The summed E-state index contributed by atoms with van der Waals surface area (Å²) in [6.07, 6.45) is 3.86. The van der Waals surface area contributed by atoms with Gasteiger partial charge in [-0.05, 0) is 19.8 Å². The van der Waals surface area contributed by atoms with Gasteiger partial charge in [-0.3, -0.25) is 0 Å². The molecule has 0 radical (unpaired) electrons. The zero-order chi connectivity index (χ0) is 12.5. The summed E-state index contributed by atoms with van der Waals surface area (Å²) in [4.78, 5) is 4.07. The molecule has 1 saturated carbocycles. The van der Waals surface area contributed by atoms with Crippen molar-refractivity contribution in [1.29, 1.82) is 0 Å². The average Bonchev–Trinajstić information content (AvgIpc) is 2.81. The minimum atomic E-state index is -2.98. The molecule has 1 heterocycles. The summed E-state index contributed by atoms with van der Waals surface area (Å²) in [5.74, 6) is 1.09. The quantitative estimate of drug-likeness (QED) is 0.844. The summed E-state index contributed by atoms with van der Waals surface area (Å²) >= 11 is 0. The molecule has 7 heteroatoms. The lowest BCUT2D eigenvalue weighted by Crippen LogP contribution is -2.39. The zero-order valence-corrected chi connectivity index (χ0v) is 10.8. The first-order valence-electron chi connectivity index (χ1n) is 5.68. The molecular weight excluding hydrogens is 242 g/mol. The Balaban J connectivity index is 1.95. The third kappa shape index (κ3) is 3.04. The minimum Gasteiger partial charge on any atom is -0.338 e. The molecule has 2 rings (SSSR count). The summed E-state index contributed by atoms with van der Waals surface area (Å²) < 4.78 is 28.1. The fourth-order valence-corrected chi connectivity index (χ4v) is 3.73. The van der Waals surface area contributed by atoms with Crippen LogP contribution in [0.1, 0.15) is 31.0 Å². The van der Waals surface area contributed by atoms with E-state index in [2.05, 4.69) is 15.5 Å². The molecule has 1 aromatic heterocycles. The van der Waals surface area contributed by atoms with Crippen molar-refractivity contribution in [1.82, 2.24) is 15.5 Å². The molecule has 2 unspecified atom stereocenters. The second-order valence-corrected chi connectivity index (χ2v) is 6.79. The molecule has 2 atom stereocenters. The molecular formula is C10H17N3O3S. The van der Waals surface area contributed by atoms with Crippen molar-refractivity contribution in [2.75, 3.05) is 6.26 Å². The molecule has 1 aromatic rings. The molecule has 0 amide bonds. The Labute approximate surface area is 101 Å². The molecule has 1 N–H and O–H groups in total. The molecule has 0 bridgehead atoms. The topological polar surface area (TPSA) is 85.1 Å². The molecule has 1 aliphatic rings. The van der Waals surface area contributed by atoms with E-state index in [0.29, 0.717) is 18.3 Å². The van der Waals surface area contributed by atoms with E-state index >= 15 is 0 Å². The Hall–Kier alpha value is -0.950. The van der Waals surface area contributed by atoms with Gasteiger partial charge in [-0.15, -0.1) is 0 Å². The number of aromatic nitrogens is 2. The molecule has 6 nitrogen and oxygen atoms in total. The largest absolute Gasteiger partial charge is 0.338 e. The highest BCUT2D eigenvalue weighted by Gasteiger charge is 2.34. The minimum absolute atomic E-state index is 0.00259. The first-order chi connectivity index (χ1) is 7.97. The molecule has 17 heavy (non-hydrogen) atoms. The standard InChI is InChI=1S/C10H17N3O3S/c1-7-12-10(16-13-7)6-11-8-4-3-5-9(8)17(2,14)15/h8-9,11H,3-6H2,1-2H3. The molecule has 1 aliphatic carbocycles. The van der Waals surface area contributed by atoms with Crippen LogP contribution >= 0.6 is 0 Å². The number of rotatable bonds is 4. The van der Waals surface area contributed by atoms with E-state index < -0.39 is 9.84 Å². The van der Waals surface area contributed by atoms with Gasteiger partial charge in [0.25, 0.3) is 0 Å². The van der Waals surface area contributed by atoms with Crippen LogP contribution in [0.3, 0.4) is 0 Å². The van der Waals surface area contributed by atoms with Gasteiger partial charge in [0.1, 0.15) is 0 Å². The van der Waals surface area contributed by atoms with Gasteiger partial charge >= 0.3 is 0 Å². The predicted molar refractivity (Wildman–Crippen MR) is 62.1 cm³/mol. The summed E-state index contributed by atoms with van der Waals surface area (Å²) in [6, 6.07) is -0.00259. The molecule has 0 aromatic carbocycles. The van der Waals surface area contributed by atoms with Crippen LogP contribution in [0.5, 0.6) is 0 Å². The Kier molecular flexibility index (Phi) is 3.48. The summed E-state index contributed by atoms with van der Waals surface area (Å²) in [6.45, 7) is 2.18. The van der Waals surface area contributed by atoms with Gasteiger partial charge in [-0.2, -0.15) is 4.98 Å². The Morgan fingerprint density at radius 1 is 1.47 bits per heavy atom. The normalized spacial score (nSPS) is 25.3. The van der Waals surface area contributed by atoms with Gasteiger partial charge in [-0.1, -0.05) is 11.6 Å². The van der Waals surface area contributed by atoms with Crippen LogP contribution in [0.4, 0.5) is 0 Å². The van der Waals surface area contributed by atoms with Crippen LogP contribution in [0, 0.1) is 6.92 Å². The van der Waals surface area contributed by atoms with Crippen LogP contribution in [0.15, 0.2) is 4.52 Å². The first-order valence-corrected chi connectivity index (χ1v) is 7.63. The van der Waals surface area contributed by atoms with E-state index in [1.807, 2.05) is 0 Å². The molecule has 0 aliphatic heterocycles. The van der Waals surface area contributed by atoms with E-state index in [1.165, 1.54) is 6.26 Å². The van der Waals surface area contributed by atoms with Gasteiger partial charge in [0.2, 0.25) is 5.89 Å². The second-order valence-electron chi connectivity index (χ2n) is 4.52. The van der Waals surface area contributed by atoms with Crippen LogP contribution in [0.25, 0.3) is 0 Å². The lowest BCUT2D eigenvalue weighted by atomic mass is 10.2. The van der Waals surface area contributed by atoms with Crippen LogP contribution < -0.4 is 5.32 Å². The number of hydrogen-bond acceptors (Lipinski definition) is 6. The van der Waals surface area contributed by atoms with Crippen molar-refractivity contribution < 1.29 is 12.9 Å². The van der Waals surface area contributed by atoms with Crippen LogP contribution in [-0.2, 0) is 16.4 Å². The van der Waals surface area contributed by atoms with Crippen molar-refractivity contribution in [3.05, 3.63) is 11.7 Å². The summed E-state index contributed by atoms with van der Waals surface area (Å²) in [7, 11) is -2.98. The predicted octanol–water partition coefficient (Wildman–Crippen LogP) is 0.433. The Morgan fingerprint density at radius 3 is 2.82 bits per heavy atom. The number of nitrogens with zero attached hydrogens (tertiary/aromatic N) is 2. The maximum Gasteiger partial charge on any atom is 0.240 e. The lowest BCUT2D eigenvalue weighted by Gasteiger charge is -2.18. The molecule has 0 saturated heterocycles. The van der Waals surface area contributed by atoms with Crippen LogP contribution in [0.2, 0.25) is 0 Å². The maximum atomic E-state index is 11.6. The first kappa shape index (κ1) is 12.5. The van der Waals surface area contributed by atoms with Gasteiger partial charge in [0.15, 0.2) is 15.7 Å². The van der Waals surface area contributed by atoms with Gasteiger partial charge in [-0.25, -0.2) is 8.42 Å². The van der Waals surface area contributed by atoms with Crippen LogP contribution in [-0.4, -0.2) is 36.1 Å². The lowest BCUT2D eigenvalue weighted by molar-refractivity contribution is 0.354. The third-order valence-corrected chi connectivity index (χ3v) is 4.75. The van der Waals surface area contributed by atoms with Gasteiger partial charge < -0.3 is 9.84 Å². The van der Waals surface area contributed by atoms with Crippen molar-refractivity contribution in [2.45, 2.75) is 44.0 Å². The highest BCUT2D eigenvalue weighted by atomic mass is 32.2. The SMILES string of the molecule is Cc1noc(CNC2CCCC2S(C)(=O)=O)n1. The number of hydrogen-bond donors (Lipinski definition) is 1. The third-order valence-electron chi connectivity index (χ3n) is 3.09. The highest BCUT2D eigenvalue weighted by molar-refractivity contribution is 7.91. The van der Waals surface area contributed by atoms with Gasteiger partial charge in [0.05, 0.1) is 11.8 Å². The van der Waals surface area contributed by atoms with E-state index in [9.17, 15) is 8.42 Å². The summed E-state index contributed by atoms with van der Waals surface area (Å²) in [5, 5.41) is 6.59. The molecule has 96 valence electrons. The van der Waals surface area contributed by atoms with Crippen molar-refractivity contribution >= 4 is 9.84 Å². The highest BCUT2D eigenvalue weighted by Crippen LogP contribution is 2.25. The Bertz CT molecular complexity index is 483. The zero-order valence-electron chi connectivity index (χ0n) is 10.0. The van der Waals surface area contributed by atoms with E-state index in [-0.39, 0.29) is 11.3 Å². The van der Waals surface area contributed by atoms with Crippen molar-refractivity contribution in [2.24, 2.45) is 0 Å². The smallest absolute Gasteiger partial charge is 0.240 e. The average molecular weight is 259 g/mol. The maximum absolute atomic E-state index is 11.6. The van der Waals surface area contributed by atoms with E-state index in [0.717, 1.165) is 19.3 Å². The second kappa shape index (κ2) is 4.73. The Morgan fingerprint density at radius 2 is 2.24 bits per heavy atom. The number of sulfone groups is 1. The molecule has 1 fully saturated rings. The number of nitrogens with one attached hydrogen (secondary N) is 1. The fraction of sp³-hybridized carbons (Fsp3) is 0.800.